The Balaban J connectivity index is 1.83. The maximum absolute atomic E-state index is 12.2. The van der Waals surface area contributed by atoms with Gasteiger partial charge in [-0.3, -0.25) is 0 Å². The van der Waals surface area contributed by atoms with E-state index in [9.17, 15) is 13.2 Å². The molecular formula is C16H13F3O. The highest BCUT2D eigenvalue weighted by Gasteiger charge is 2.31. The van der Waals surface area contributed by atoms with Crippen LogP contribution >= 0.6 is 0 Å². The van der Waals surface area contributed by atoms with Crippen molar-refractivity contribution in [3.8, 4) is 16.9 Å². The molecule has 2 aromatic rings. The smallest absolute Gasteiger partial charge is 0.406 e. The monoisotopic (exact) mass is 278 g/mol. The van der Waals surface area contributed by atoms with Gasteiger partial charge in [0.15, 0.2) is 0 Å². The van der Waals surface area contributed by atoms with Crippen LogP contribution in [0.5, 0.6) is 5.75 Å². The summed E-state index contributed by atoms with van der Waals surface area (Å²) >= 11 is 0. The van der Waals surface area contributed by atoms with E-state index in [1.54, 1.807) is 12.1 Å². The molecule has 1 aliphatic rings. The maximum atomic E-state index is 12.2. The molecule has 3 rings (SSSR count). The van der Waals surface area contributed by atoms with Crippen LogP contribution < -0.4 is 4.74 Å². The van der Waals surface area contributed by atoms with Gasteiger partial charge in [0.05, 0.1) is 0 Å². The highest BCUT2D eigenvalue weighted by Crippen LogP contribution is 2.40. The van der Waals surface area contributed by atoms with Crippen LogP contribution in [0.1, 0.15) is 24.3 Å². The number of ether oxygens (including phenoxy) is 1. The SMILES string of the molecule is FC(F)(F)Oc1cccc(-c2ccc(C3CC3)cc2)c1. The van der Waals surface area contributed by atoms with Gasteiger partial charge in [0.1, 0.15) is 5.75 Å². The second-order valence-corrected chi connectivity index (χ2v) is 4.97. The van der Waals surface area contributed by atoms with Crippen LogP contribution in [0, 0.1) is 0 Å². The molecule has 0 aliphatic heterocycles. The molecule has 0 radical (unpaired) electrons. The Kier molecular flexibility index (Phi) is 3.16. The molecule has 0 saturated heterocycles. The zero-order valence-corrected chi connectivity index (χ0v) is 10.7. The van der Waals surface area contributed by atoms with Gasteiger partial charge in [0, 0.05) is 0 Å². The van der Waals surface area contributed by atoms with Gasteiger partial charge in [0.25, 0.3) is 0 Å². The molecule has 2 aromatic carbocycles. The molecule has 104 valence electrons. The molecule has 1 fully saturated rings. The van der Waals surface area contributed by atoms with Crippen molar-refractivity contribution in [2.75, 3.05) is 0 Å². The molecule has 0 N–H and O–H groups in total. The summed E-state index contributed by atoms with van der Waals surface area (Å²) in [5, 5.41) is 0. The van der Waals surface area contributed by atoms with Crippen molar-refractivity contribution in [3.05, 3.63) is 54.1 Å². The molecule has 0 atom stereocenters. The molecule has 0 amide bonds. The number of hydrogen-bond donors (Lipinski definition) is 0. The van der Waals surface area contributed by atoms with Crippen LogP contribution in [0.3, 0.4) is 0 Å². The zero-order chi connectivity index (χ0) is 14.2. The number of rotatable bonds is 3. The van der Waals surface area contributed by atoms with Crippen molar-refractivity contribution in [1.29, 1.82) is 0 Å². The Bertz CT molecular complexity index is 598. The van der Waals surface area contributed by atoms with Crippen molar-refractivity contribution in [1.82, 2.24) is 0 Å². The van der Waals surface area contributed by atoms with E-state index in [2.05, 4.69) is 4.74 Å². The van der Waals surface area contributed by atoms with Crippen molar-refractivity contribution < 1.29 is 17.9 Å². The second kappa shape index (κ2) is 4.85. The molecule has 1 nitrogen and oxygen atoms in total. The minimum Gasteiger partial charge on any atom is -0.406 e. The lowest BCUT2D eigenvalue weighted by Gasteiger charge is -2.10. The Labute approximate surface area is 115 Å². The number of alkyl halides is 3. The van der Waals surface area contributed by atoms with E-state index >= 15 is 0 Å². The predicted molar refractivity (Wildman–Crippen MR) is 70.5 cm³/mol. The summed E-state index contributed by atoms with van der Waals surface area (Å²) < 4.78 is 40.5. The summed E-state index contributed by atoms with van der Waals surface area (Å²) in [7, 11) is 0. The minimum absolute atomic E-state index is 0.193. The Morgan fingerprint density at radius 3 is 2.20 bits per heavy atom. The molecule has 20 heavy (non-hydrogen) atoms. The van der Waals surface area contributed by atoms with Gasteiger partial charge < -0.3 is 4.74 Å². The Morgan fingerprint density at radius 1 is 0.900 bits per heavy atom. The van der Waals surface area contributed by atoms with Gasteiger partial charge >= 0.3 is 6.36 Å². The number of benzene rings is 2. The predicted octanol–water partition coefficient (Wildman–Crippen LogP) is 5.13. The van der Waals surface area contributed by atoms with Crippen LogP contribution in [0.4, 0.5) is 13.2 Å². The first kappa shape index (κ1) is 13.0. The summed E-state index contributed by atoms with van der Waals surface area (Å²) in [4.78, 5) is 0. The molecule has 0 bridgehead atoms. The van der Waals surface area contributed by atoms with Gasteiger partial charge in [0.2, 0.25) is 0 Å². The van der Waals surface area contributed by atoms with E-state index in [1.807, 2.05) is 24.3 Å². The Morgan fingerprint density at radius 2 is 1.60 bits per heavy atom. The van der Waals surface area contributed by atoms with Crippen molar-refractivity contribution in [2.24, 2.45) is 0 Å². The van der Waals surface area contributed by atoms with Crippen LogP contribution in [0.15, 0.2) is 48.5 Å². The van der Waals surface area contributed by atoms with Crippen molar-refractivity contribution in [2.45, 2.75) is 25.1 Å². The quantitative estimate of drug-likeness (QED) is 0.756. The first-order valence-electron chi connectivity index (χ1n) is 6.47. The summed E-state index contributed by atoms with van der Waals surface area (Å²) in [6.07, 6.45) is -2.20. The van der Waals surface area contributed by atoms with Crippen molar-refractivity contribution >= 4 is 0 Å². The molecule has 0 heterocycles. The topological polar surface area (TPSA) is 9.23 Å². The fourth-order valence-electron chi connectivity index (χ4n) is 2.24. The minimum atomic E-state index is -4.66. The third-order valence-electron chi connectivity index (χ3n) is 3.36. The fraction of sp³-hybridized carbons (Fsp3) is 0.250. The largest absolute Gasteiger partial charge is 0.573 e. The van der Waals surface area contributed by atoms with Gasteiger partial charge in [-0.2, -0.15) is 0 Å². The molecule has 4 heteroatoms. The Hall–Kier alpha value is -1.97. The number of hydrogen-bond acceptors (Lipinski definition) is 1. The van der Waals surface area contributed by atoms with E-state index < -0.39 is 6.36 Å². The van der Waals surface area contributed by atoms with E-state index in [0.29, 0.717) is 11.5 Å². The summed E-state index contributed by atoms with van der Waals surface area (Å²) in [6.45, 7) is 0. The third-order valence-corrected chi connectivity index (χ3v) is 3.36. The van der Waals surface area contributed by atoms with Crippen LogP contribution in [0.25, 0.3) is 11.1 Å². The first-order valence-corrected chi connectivity index (χ1v) is 6.47. The van der Waals surface area contributed by atoms with Gasteiger partial charge in [-0.1, -0.05) is 36.4 Å². The molecule has 1 saturated carbocycles. The van der Waals surface area contributed by atoms with Crippen LogP contribution in [0.2, 0.25) is 0 Å². The fourth-order valence-corrected chi connectivity index (χ4v) is 2.24. The van der Waals surface area contributed by atoms with E-state index in [0.717, 1.165) is 5.56 Å². The molecule has 1 aliphatic carbocycles. The number of halogens is 3. The first-order chi connectivity index (χ1) is 9.51. The normalized spacial score (nSPS) is 15.2. The van der Waals surface area contributed by atoms with E-state index in [1.165, 1.54) is 30.5 Å². The van der Waals surface area contributed by atoms with Crippen molar-refractivity contribution in [3.63, 3.8) is 0 Å². The molecule has 0 unspecified atom stereocenters. The maximum Gasteiger partial charge on any atom is 0.573 e. The van der Waals surface area contributed by atoms with Crippen LogP contribution in [-0.4, -0.2) is 6.36 Å². The highest BCUT2D eigenvalue weighted by molar-refractivity contribution is 5.65. The highest BCUT2D eigenvalue weighted by atomic mass is 19.4. The van der Waals surface area contributed by atoms with Crippen LogP contribution in [-0.2, 0) is 0 Å². The molecule has 0 spiro atoms. The summed E-state index contributed by atoms with van der Waals surface area (Å²) in [5.74, 6) is 0.477. The average molecular weight is 278 g/mol. The lowest BCUT2D eigenvalue weighted by Crippen LogP contribution is -2.17. The van der Waals surface area contributed by atoms with E-state index in [-0.39, 0.29) is 5.75 Å². The molecule has 0 aromatic heterocycles. The third kappa shape index (κ3) is 3.13. The van der Waals surface area contributed by atoms with E-state index in [4.69, 9.17) is 0 Å². The second-order valence-electron chi connectivity index (χ2n) is 4.97. The summed E-state index contributed by atoms with van der Waals surface area (Å²) in [5.41, 5.74) is 2.91. The van der Waals surface area contributed by atoms with Gasteiger partial charge in [-0.05, 0) is 47.6 Å². The standard InChI is InChI=1S/C16H13F3O/c17-16(18,19)20-15-3-1-2-14(10-15)13-8-6-12(7-9-13)11-4-5-11/h1-3,6-11H,4-5H2. The summed E-state index contributed by atoms with van der Waals surface area (Å²) in [6, 6.07) is 14.0. The average Bonchev–Trinajstić information content (AvgIpc) is 3.21. The lowest BCUT2D eigenvalue weighted by molar-refractivity contribution is -0.274. The zero-order valence-electron chi connectivity index (χ0n) is 10.7. The van der Waals surface area contributed by atoms with Gasteiger partial charge in [-0.25, -0.2) is 0 Å². The van der Waals surface area contributed by atoms with Gasteiger partial charge in [-0.15, -0.1) is 13.2 Å². The molecular weight excluding hydrogens is 265 g/mol. The lowest BCUT2D eigenvalue weighted by atomic mass is 10.0.